The van der Waals surface area contributed by atoms with Gasteiger partial charge in [-0.15, -0.1) is 0 Å². The first-order valence-electron chi connectivity index (χ1n) is 8.79. The second kappa shape index (κ2) is 8.03. The summed E-state index contributed by atoms with van der Waals surface area (Å²) in [5, 5.41) is 0. The summed E-state index contributed by atoms with van der Waals surface area (Å²) in [5.41, 5.74) is 2.09. The molecule has 0 radical (unpaired) electrons. The Labute approximate surface area is 159 Å². The number of carbonyl (C=O) groups is 2. The summed E-state index contributed by atoms with van der Waals surface area (Å²) < 4.78 is 4.74. The number of guanidine groups is 1. The average Bonchev–Trinajstić information content (AvgIpc) is 3.01. The minimum atomic E-state index is -0.534. The van der Waals surface area contributed by atoms with Crippen molar-refractivity contribution in [3.8, 4) is 0 Å². The summed E-state index contributed by atoms with van der Waals surface area (Å²) in [6.45, 7) is 1.68. The van der Waals surface area contributed by atoms with Crippen molar-refractivity contribution in [2.75, 3.05) is 34.3 Å². The summed E-state index contributed by atoms with van der Waals surface area (Å²) in [7, 11) is 5.20. The molecular formula is C21H23N3O3. The van der Waals surface area contributed by atoms with Crippen LogP contribution in [0.25, 0.3) is 0 Å². The number of carbonyl (C=O) groups excluding carboxylic acids is 2. The van der Waals surface area contributed by atoms with E-state index in [-0.39, 0.29) is 5.91 Å². The van der Waals surface area contributed by atoms with Gasteiger partial charge >= 0.3 is 5.97 Å². The molecule has 3 rings (SSSR count). The normalized spacial score (nSPS) is 14.9. The van der Waals surface area contributed by atoms with Crippen LogP contribution in [0.3, 0.4) is 0 Å². The van der Waals surface area contributed by atoms with Crippen LogP contribution >= 0.6 is 0 Å². The smallest absolute Gasteiger partial charge is 0.337 e. The molecule has 2 aromatic rings. The largest absolute Gasteiger partial charge is 0.465 e. The zero-order valence-corrected chi connectivity index (χ0v) is 15.8. The molecule has 1 unspecified atom stereocenters. The highest BCUT2D eigenvalue weighted by atomic mass is 16.5. The predicted octanol–water partition coefficient (Wildman–Crippen LogP) is 2.36. The van der Waals surface area contributed by atoms with Gasteiger partial charge in [0.1, 0.15) is 0 Å². The highest BCUT2D eigenvalue weighted by Crippen LogP contribution is 2.27. The molecule has 140 valence electrons. The number of amides is 1. The number of hydrogen-bond donors (Lipinski definition) is 0. The number of methoxy groups -OCH3 is 1. The van der Waals surface area contributed by atoms with Crippen LogP contribution < -0.4 is 0 Å². The number of ether oxygens (including phenoxy) is 1. The molecule has 1 saturated heterocycles. The molecule has 1 amide bonds. The third-order valence-corrected chi connectivity index (χ3v) is 4.71. The lowest BCUT2D eigenvalue weighted by Crippen LogP contribution is -2.30. The second-order valence-corrected chi connectivity index (χ2v) is 6.55. The van der Waals surface area contributed by atoms with Gasteiger partial charge in [-0.1, -0.05) is 42.5 Å². The number of aliphatic imine (C=N–C) groups is 1. The van der Waals surface area contributed by atoms with E-state index in [9.17, 15) is 9.59 Å². The van der Waals surface area contributed by atoms with E-state index < -0.39 is 11.9 Å². The Morgan fingerprint density at radius 2 is 1.48 bits per heavy atom. The Morgan fingerprint density at radius 3 is 2.04 bits per heavy atom. The summed E-state index contributed by atoms with van der Waals surface area (Å²) in [4.78, 5) is 33.2. The van der Waals surface area contributed by atoms with Crippen molar-refractivity contribution in [3.63, 3.8) is 0 Å². The van der Waals surface area contributed by atoms with Gasteiger partial charge in [-0.05, 0) is 23.3 Å². The molecule has 27 heavy (non-hydrogen) atoms. The fraction of sp³-hybridized carbons (Fsp3) is 0.286. The van der Waals surface area contributed by atoms with Gasteiger partial charge in [0.2, 0.25) is 5.96 Å². The van der Waals surface area contributed by atoms with Gasteiger partial charge in [0.25, 0.3) is 5.91 Å². The number of likely N-dealkylation sites (N-methyl/N-ethyl adjacent to an activating group) is 2. The predicted molar refractivity (Wildman–Crippen MR) is 104 cm³/mol. The summed E-state index contributed by atoms with van der Waals surface area (Å²) >= 11 is 0. The molecule has 1 aliphatic heterocycles. The summed E-state index contributed by atoms with van der Waals surface area (Å²) in [6.07, 6.45) is 0. The monoisotopic (exact) mass is 365 g/mol. The van der Waals surface area contributed by atoms with E-state index in [0.29, 0.717) is 11.5 Å². The molecule has 0 bridgehead atoms. The van der Waals surface area contributed by atoms with Crippen LogP contribution in [0, 0.1) is 0 Å². The zero-order chi connectivity index (χ0) is 19.4. The number of nitrogens with zero attached hydrogens (tertiary/aromatic N) is 3. The maximum Gasteiger partial charge on any atom is 0.337 e. The molecule has 0 spiro atoms. The van der Waals surface area contributed by atoms with Gasteiger partial charge in [-0.2, -0.15) is 4.99 Å². The number of hydrogen-bond acceptors (Lipinski definition) is 3. The van der Waals surface area contributed by atoms with Gasteiger partial charge in [0, 0.05) is 27.2 Å². The maximum absolute atomic E-state index is 13.1. The minimum Gasteiger partial charge on any atom is -0.465 e. The Balaban J connectivity index is 1.98. The number of rotatable bonds is 4. The van der Waals surface area contributed by atoms with E-state index in [2.05, 4.69) is 4.99 Å². The highest BCUT2D eigenvalue weighted by Gasteiger charge is 2.27. The fourth-order valence-corrected chi connectivity index (χ4v) is 3.18. The van der Waals surface area contributed by atoms with Crippen molar-refractivity contribution in [1.82, 2.24) is 9.80 Å². The first-order valence-corrected chi connectivity index (χ1v) is 8.79. The lowest BCUT2D eigenvalue weighted by atomic mass is 9.90. The molecule has 0 aliphatic carbocycles. The van der Waals surface area contributed by atoms with Gasteiger partial charge in [0.05, 0.1) is 18.6 Å². The van der Waals surface area contributed by atoms with Crippen molar-refractivity contribution in [3.05, 3.63) is 71.3 Å². The lowest BCUT2D eigenvalue weighted by Gasteiger charge is -2.19. The second-order valence-electron chi connectivity index (χ2n) is 6.55. The first kappa shape index (κ1) is 18.6. The van der Waals surface area contributed by atoms with Gasteiger partial charge in [0.15, 0.2) is 0 Å². The van der Waals surface area contributed by atoms with Crippen LogP contribution in [-0.4, -0.2) is 61.9 Å². The maximum atomic E-state index is 13.1. The Morgan fingerprint density at radius 1 is 0.926 bits per heavy atom. The van der Waals surface area contributed by atoms with E-state index in [1.807, 2.05) is 54.2 Å². The van der Waals surface area contributed by atoms with Gasteiger partial charge in [-0.25, -0.2) is 4.79 Å². The Kier molecular flexibility index (Phi) is 5.54. The molecule has 2 aromatic carbocycles. The van der Waals surface area contributed by atoms with Crippen LogP contribution in [0.1, 0.15) is 27.4 Å². The third-order valence-electron chi connectivity index (χ3n) is 4.71. The van der Waals surface area contributed by atoms with Crippen LogP contribution in [-0.2, 0) is 9.53 Å². The Bertz CT molecular complexity index is 835. The quantitative estimate of drug-likeness (QED) is 0.779. The van der Waals surface area contributed by atoms with Crippen molar-refractivity contribution >= 4 is 17.8 Å². The molecule has 1 atom stereocenters. The zero-order valence-electron chi connectivity index (χ0n) is 15.8. The fourth-order valence-electron chi connectivity index (χ4n) is 3.18. The highest BCUT2D eigenvalue weighted by molar-refractivity contribution is 5.98. The molecule has 1 heterocycles. The van der Waals surface area contributed by atoms with Crippen LogP contribution in [0.4, 0.5) is 0 Å². The van der Waals surface area contributed by atoms with Crippen LogP contribution in [0.2, 0.25) is 0 Å². The lowest BCUT2D eigenvalue weighted by molar-refractivity contribution is -0.118. The van der Waals surface area contributed by atoms with Crippen LogP contribution in [0.5, 0.6) is 0 Å². The Hall–Kier alpha value is -3.15. The minimum absolute atomic E-state index is 0.234. The average molecular weight is 365 g/mol. The molecule has 6 nitrogen and oxygen atoms in total. The molecular weight excluding hydrogens is 342 g/mol. The topological polar surface area (TPSA) is 62.2 Å². The van der Waals surface area contributed by atoms with Crippen LogP contribution in [0.15, 0.2) is 59.6 Å². The van der Waals surface area contributed by atoms with E-state index in [4.69, 9.17) is 4.74 Å². The van der Waals surface area contributed by atoms with Crippen molar-refractivity contribution in [2.24, 2.45) is 4.99 Å². The standard InChI is InChI=1S/C21H23N3O3/c1-23-13-14-24(2)21(23)22-19(25)18(15-7-5-4-6-8-15)16-9-11-17(12-10-16)20(26)27-3/h4-12,18H,13-14H2,1-3H3. The van der Waals surface area contributed by atoms with E-state index in [1.165, 1.54) is 7.11 Å². The van der Waals surface area contributed by atoms with E-state index in [1.54, 1.807) is 24.3 Å². The third kappa shape index (κ3) is 4.00. The van der Waals surface area contributed by atoms with Gasteiger partial charge < -0.3 is 14.5 Å². The molecule has 0 N–H and O–H groups in total. The SMILES string of the molecule is COC(=O)c1ccc(C(C(=O)N=C2N(C)CCN2C)c2ccccc2)cc1. The van der Waals surface area contributed by atoms with Crippen molar-refractivity contribution < 1.29 is 14.3 Å². The van der Waals surface area contributed by atoms with E-state index >= 15 is 0 Å². The molecule has 6 heteroatoms. The first-order chi connectivity index (χ1) is 13.0. The number of esters is 1. The van der Waals surface area contributed by atoms with Crippen molar-refractivity contribution in [1.29, 1.82) is 0 Å². The molecule has 0 aromatic heterocycles. The molecule has 1 fully saturated rings. The molecule has 1 aliphatic rings. The van der Waals surface area contributed by atoms with Crippen molar-refractivity contribution in [2.45, 2.75) is 5.92 Å². The summed E-state index contributed by atoms with van der Waals surface area (Å²) in [5.74, 6) is -0.499. The van der Waals surface area contributed by atoms with Gasteiger partial charge in [-0.3, -0.25) is 4.79 Å². The summed E-state index contributed by atoms with van der Waals surface area (Å²) in [6, 6.07) is 16.5. The number of benzene rings is 2. The van der Waals surface area contributed by atoms with E-state index in [0.717, 1.165) is 24.2 Å². The molecule has 0 saturated carbocycles.